The van der Waals surface area contributed by atoms with Crippen molar-refractivity contribution in [2.24, 2.45) is 11.7 Å². The Balaban J connectivity index is 0. The summed E-state index contributed by atoms with van der Waals surface area (Å²) in [7, 11) is 0. The highest BCUT2D eigenvalue weighted by atomic mass is 14.9. The van der Waals surface area contributed by atoms with Gasteiger partial charge in [-0.05, 0) is 38.8 Å². The largest absolute Gasteiger partial charge is 0.330 e. The monoisotopic (exact) mass is 184 g/mol. The van der Waals surface area contributed by atoms with Gasteiger partial charge in [0.25, 0.3) is 0 Å². The number of nitrogens with one attached hydrogen (secondary N) is 1. The SMILES string of the molecule is C#C.CC(C)CN.C[C@@H]1CCCN1. The fraction of sp³-hybridized carbons (Fsp3) is 0.818. The van der Waals surface area contributed by atoms with Crippen LogP contribution in [0.3, 0.4) is 0 Å². The molecule has 2 heteroatoms. The Labute approximate surface area is 83.3 Å². The minimum Gasteiger partial charge on any atom is -0.330 e. The van der Waals surface area contributed by atoms with E-state index in [-0.39, 0.29) is 0 Å². The topological polar surface area (TPSA) is 38.0 Å². The fourth-order valence-electron chi connectivity index (χ4n) is 0.859. The molecule has 1 heterocycles. The maximum absolute atomic E-state index is 5.17. The Morgan fingerprint density at radius 2 is 1.92 bits per heavy atom. The van der Waals surface area contributed by atoms with Crippen LogP contribution in [0.1, 0.15) is 33.6 Å². The molecule has 0 saturated carbocycles. The standard InChI is InChI=1S/C5H11N.C4H11N.C2H2/c1-5-3-2-4-6-5;1-4(2)3-5;1-2/h5-6H,2-4H2,1H3;4H,3,5H2,1-2H3;1-2H/t5-;;/m1../s1. The summed E-state index contributed by atoms with van der Waals surface area (Å²) >= 11 is 0. The van der Waals surface area contributed by atoms with Crippen LogP contribution in [-0.2, 0) is 0 Å². The van der Waals surface area contributed by atoms with Gasteiger partial charge in [-0.1, -0.05) is 13.8 Å². The summed E-state index contributed by atoms with van der Waals surface area (Å²) in [5.74, 6) is 0.662. The van der Waals surface area contributed by atoms with Crippen LogP contribution in [0.4, 0.5) is 0 Å². The number of rotatable bonds is 1. The highest BCUT2D eigenvalue weighted by Crippen LogP contribution is 2.01. The van der Waals surface area contributed by atoms with Gasteiger partial charge in [-0.3, -0.25) is 0 Å². The van der Waals surface area contributed by atoms with E-state index < -0.39 is 0 Å². The second kappa shape index (κ2) is 11.5. The zero-order valence-corrected chi connectivity index (χ0v) is 9.22. The minimum atomic E-state index is 0.662. The molecule has 1 aliphatic rings. The summed E-state index contributed by atoms with van der Waals surface area (Å²) in [4.78, 5) is 0. The first-order valence-electron chi connectivity index (χ1n) is 4.93. The highest BCUT2D eigenvalue weighted by Gasteiger charge is 2.05. The van der Waals surface area contributed by atoms with Gasteiger partial charge in [-0.25, -0.2) is 0 Å². The van der Waals surface area contributed by atoms with Crippen LogP contribution in [-0.4, -0.2) is 19.1 Å². The maximum atomic E-state index is 5.17. The quantitative estimate of drug-likeness (QED) is 0.608. The molecule has 1 rings (SSSR count). The number of hydrogen-bond acceptors (Lipinski definition) is 2. The van der Waals surface area contributed by atoms with Crippen molar-refractivity contribution in [2.45, 2.75) is 39.7 Å². The van der Waals surface area contributed by atoms with Crippen LogP contribution in [0.5, 0.6) is 0 Å². The molecule has 1 saturated heterocycles. The summed E-state index contributed by atoms with van der Waals surface area (Å²) in [5, 5.41) is 3.32. The van der Waals surface area contributed by atoms with Gasteiger partial charge >= 0.3 is 0 Å². The normalized spacial score (nSPS) is 19.8. The van der Waals surface area contributed by atoms with Crippen LogP contribution >= 0.6 is 0 Å². The Morgan fingerprint density at radius 3 is 2.00 bits per heavy atom. The molecule has 1 aliphatic heterocycles. The lowest BCUT2D eigenvalue weighted by Gasteiger charge is -1.95. The summed E-state index contributed by atoms with van der Waals surface area (Å²) in [6.45, 7) is 8.47. The van der Waals surface area contributed by atoms with Crippen LogP contribution in [0.2, 0.25) is 0 Å². The lowest BCUT2D eigenvalue weighted by molar-refractivity contribution is 0.664. The van der Waals surface area contributed by atoms with E-state index in [1.807, 2.05) is 0 Å². The fourth-order valence-corrected chi connectivity index (χ4v) is 0.859. The third-order valence-electron chi connectivity index (χ3n) is 1.78. The second-order valence-electron chi connectivity index (χ2n) is 3.63. The summed E-state index contributed by atoms with van der Waals surface area (Å²) in [6.07, 6.45) is 10.8. The van der Waals surface area contributed by atoms with Gasteiger partial charge < -0.3 is 11.1 Å². The van der Waals surface area contributed by atoms with E-state index in [1.54, 1.807) is 0 Å². The van der Waals surface area contributed by atoms with Gasteiger partial charge in [-0.15, -0.1) is 12.8 Å². The average Bonchev–Trinajstić information content (AvgIpc) is 2.60. The van der Waals surface area contributed by atoms with Crippen molar-refractivity contribution in [1.29, 1.82) is 0 Å². The highest BCUT2D eigenvalue weighted by molar-refractivity contribution is 4.67. The first kappa shape index (κ1) is 15.0. The first-order chi connectivity index (χ1) is 6.16. The van der Waals surface area contributed by atoms with Crippen LogP contribution in [0, 0.1) is 18.8 Å². The maximum Gasteiger partial charge on any atom is 0.00391 e. The molecule has 0 amide bonds. The molecule has 0 aromatic heterocycles. The molecule has 3 N–H and O–H groups in total. The molecular formula is C11H24N2. The van der Waals surface area contributed by atoms with E-state index in [4.69, 9.17) is 5.73 Å². The van der Waals surface area contributed by atoms with Gasteiger partial charge in [0.1, 0.15) is 0 Å². The molecule has 0 spiro atoms. The predicted molar refractivity (Wildman–Crippen MR) is 60.5 cm³/mol. The van der Waals surface area contributed by atoms with Gasteiger partial charge in [0, 0.05) is 6.04 Å². The number of terminal acetylenes is 1. The summed E-state index contributed by atoms with van der Waals surface area (Å²) in [5.41, 5.74) is 5.17. The third-order valence-corrected chi connectivity index (χ3v) is 1.78. The number of nitrogens with two attached hydrogens (primary N) is 1. The molecule has 0 aromatic rings. The van der Waals surface area contributed by atoms with E-state index in [1.165, 1.54) is 19.4 Å². The lowest BCUT2D eigenvalue weighted by atomic mass is 10.2. The molecule has 1 fully saturated rings. The van der Waals surface area contributed by atoms with Crippen molar-refractivity contribution in [3.8, 4) is 12.8 Å². The summed E-state index contributed by atoms with van der Waals surface area (Å²) in [6, 6.07) is 0.796. The van der Waals surface area contributed by atoms with Crippen molar-refractivity contribution in [3.05, 3.63) is 0 Å². The Morgan fingerprint density at radius 1 is 1.46 bits per heavy atom. The van der Waals surface area contributed by atoms with E-state index in [0.29, 0.717) is 5.92 Å². The molecule has 0 unspecified atom stereocenters. The van der Waals surface area contributed by atoms with Crippen molar-refractivity contribution in [2.75, 3.05) is 13.1 Å². The molecule has 78 valence electrons. The zero-order chi connectivity index (χ0) is 10.7. The molecule has 0 radical (unpaired) electrons. The van der Waals surface area contributed by atoms with Crippen LogP contribution in [0.25, 0.3) is 0 Å². The van der Waals surface area contributed by atoms with Gasteiger partial charge in [0.05, 0.1) is 0 Å². The average molecular weight is 184 g/mol. The van der Waals surface area contributed by atoms with Crippen LogP contribution in [0.15, 0.2) is 0 Å². The molecule has 0 bridgehead atoms. The third kappa shape index (κ3) is 14.3. The predicted octanol–water partition coefficient (Wildman–Crippen LogP) is 1.61. The van der Waals surface area contributed by atoms with Crippen molar-refractivity contribution < 1.29 is 0 Å². The Kier molecular flexibility index (Phi) is 13.2. The molecular weight excluding hydrogens is 160 g/mol. The van der Waals surface area contributed by atoms with Crippen molar-refractivity contribution in [3.63, 3.8) is 0 Å². The zero-order valence-electron chi connectivity index (χ0n) is 9.22. The van der Waals surface area contributed by atoms with E-state index in [0.717, 1.165) is 12.6 Å². The van der Waals surface area contributed by atoms with Crippen molar-refractivity contribution >= 4 is 0 Å². The number of hydrogen-bond donors (Lipinski definition) is 2. The van der Waals surface area contributed by atoms with Crippen LogP contribution < -0.4 is 11.1 Å². The second-order valence-corrected chi connectivity index (χ2v) is 3.63. The minimum absolute atomic E-state index is 0.662. The summed E-state index contributed by atoms with van der Waals surface area (Å²) < 4.78 is 0. The molecule has 1 atom stereocenters. The van der Waals surface area contributed by atoms with Gasteiger partial charge in [0.2, 0.25) is 0 Å². The lowest BCUT2D eigenvalue weighted by Crippen LogP contribution is -2.16. The Hall–Kier alpha value is -0.520. The van der Waals surface area contributed by atoms with Gasteiger partial charge in [-0.2, -0.15) is 0 Å². The van der Waals surface area contributed by atoms with Gasteiger partial charge in [0.15, 0.2) is 0 Å². The molecule has 2 nitrogen and oxygen atoms in total. The van der Waals surface area contributed by atoms with E-state index in [9.17, 15) is 0 Å². The smallest absolute Gasteiger partial charge is 0.00391 e. The Bertz CT molecular complexity index is 102. The van der Waals surface area contributed by atoms with Crippen molar-refractivity contribution in [1.82, 2.24) is 5.32 Å². The molecule has 13 heavy (non-hydrogen) atoms. The first-order valence-corrected chi connectivity index (χ1v) is 4.93. The van der Waals surface area contributed by atoms with E-state index in [2.05, 4.69) is 38.9 Å². The molecule has 0 aliphatic carbocycles. The molecule has 0 aromatic carbocycles. The van der Waals surface area contributed by atoms with E-state index >= 15 is 0 Å².